The zero-order valence-corrected chi connectivity index (χ0v) is 9.93. The van der Waals surface area contributed by atoms with Crippen LogP contribution in [-0.4, -0.2) is 54.0 Å². The first kappa shape index (κ1) is 12.6. The zero-order chi connectivity index (χ0) is 11.3. The molecule has 1 saturated heterocycles. The van der Waals surface area contributed by atoms with Gasteiger partial charge in [0.25, 0.3) is 0 Å². The molecule has 1 aliphatic heterocycles. The number of morpholine rings is 1. The largest absolute Gasteiger partial charge is 0.378 e. The summed E-state index contributed by atoms with van der Waals surface area (Å²) in [6.07, 6.45) is 1.63. The summed E-state index contributed by atoms with van der Waals surface area (Å²) in [5, 5.41) is 5.87. The molecule has 1 aliphatic rings. The molecule has 3 atom stereocenters. The van der Waals surface area contributed by atoms with Crippen molar-refractivity contribution in [2.75, 3.05) is 31.8 Å². The van der Waals surface area contributed by atoms with Crippen molar-refractivity contribution in [3.8, 4) is 0 Å². The maximum Gasteiger partial charge on any atom is 0.239 e. The van der Waals surface area contributed by atoms with E-state index < -0.39 is 10.8 Å². The smallest absolute Gasteiger partial charge is 0.239 e. The SMILES string of the molecule is CC(CS(C)=O)NC(=O)C1COCCN1. The molecule has 3 unspecified atom stereocenters. The van der Waals surface area contributed by atoms with Crippen LogP contribution in [-0.2, 0) is 20.3 Å². The van der Waals surface area contributed by atoms with Gasteiger partial charge in [-0.25, -0.2) is 0 Å². The van der Waals surface area contributed by atoms with Crippen molar-refractivity contribution in [2.24, 2.45) is 0 Å². The average Bonchev–Trinajstić information content (AvgIpc) is 2.17. The van der Waals surface area contributed by atoms with Gasteiger partial charge in [0.15, 0.2) is 0 Å². The number of amides is 1. The highest BCUT2D eigenvalue weighted by molar-refractivity contribution is 7.84. The van der Waals surface area contributed by atoms with E-state index in [1.807, 2.05) is 6.92 Å². The van der Waals surface area contributed by atoms with Gasteiger partial charge in [-0.1, -0.05) is 0 Å². The van der Waals surface area contributed by atoms with Crippen molar-refractivity contribution in [1.29, 1.82) is 0 Å². The number of rotatable bonds is 4. The van der Waals surface area contributed by atoms with Gasteiger partial charge in [-0.15, -0.1) is 0 Å². The van der Waals surface area contributed by atoms with Crippen LogP contribution in [0.1, 0.15) is 6.92 Å². The number of carbonyl (C=O) groups is 1. The second kappa shape index (κ2) is 6.19. The quantitative estimate of drug-likeness (QED) is 0.645. The van der Waals surface area contributed by atoms with Gasteiger partial charge in [0.05, 0.1) is 13.2 Å². The van der Waals surface area contributed by atoms with Crippen molar-refractivity contribution in [1.82, 2.24) is 10.6 Å². The molecule has 0 aromatic carbocycles. The highest BCUT2D eigenvalue weighted by Crippen LogP contribution is 1.94. The Morgan fingerprint density at radius 2 is 2.47 bits per heavy atom. The van der Waals surface area contributed by atoms with Crippen molar-refractivity contribution in [3.63, 3.8) is 0 Å². The summed E-state index contributed by atoms with van der Waals surface area (Å²) < 4.78 is 16.1. The first-order valence-corrected chi connectivity index (χ1v) is 6.74. The molecule has 0 saturated carbocycles. The normalized spacial score (nSPS) is 25.6. The van der Waals surface area contributed by atoms with E-state index in [0.29, 0.717) is 25.5 Å². The number of carbonyl (C=O) groups excluding carboxylic acids is 1. The first-order valence-electron chi connectivity index (χ1n) is 5.01. The summed E-state index contributed by atoms with van der Waals surface area (Å²) in [5.74, 6) is 0.409. The Bertz CT molecular complexity index is 242. The van der Waals surface area contributed by atoms with Crippen LogP contribution in [0.4, 0.5) is 0 Å². The summed E-state index contributed by atoms with van der Waals surface area (Å²) in [6.45, 7) is 3.61. The van der Waals surface area contributed by atoms with Crippen LogP contribution in [0.15, 0.2) is 0 Å². The second-order valence-electron chi connectivity index (χ2n) is 3.73. The minimum Gasteiger partial charge on any atom is -0.378 e. The molecule has 1 fully saturated rings. The third-order valence-corrected chi connectivity index (χ3v) is 3.08. The monoisotopic (exact) mass is 234 g/mol. The summed E-state index contributed by atoms with van der Waals surface area (Å²) in [5.41, 5.74) is 0. The molecule has 15 heavy (non-hydrogen) atoms. The Kier molecular flexibility index (Phi) is 5.21. The molecular weight excluding hydrogens is 216 g/mol. The Morgan fingerprint density at radius 3 is 3.00 bits per heavy atom. The van der Waals surface area contributed by atoms with Crippen LogP contribution in [0.3, 0.4) is 0 Å². The van der Waals surface area contributed by atoms with E-state index in [4.69, 9.17) is 4.74 Å². The lowest BCUT2D eigenvalue weighted by Crippen LogP contribution is -2.53. The lowest BCUT2D eigenvalue weighted by atomic mass is 10.2. The van der Waals surface area contributed by atoms with E-state index in [1.165, 1.54) is 0 Å². The van der Waals surface area contributed by atoms with E-state index in [-0.39, 0.29) is 18.0 Å². The molecule has 0 aliphatic carbocycles. The fourth-order valence-corrected chi connectivity index (χ4v) is 2.26. The Hall–Kier alpha value is -0.460. The molecular formula is C9H18N2O3S. The molecule has 1 rings (SSSR count). The van der Waals surface area contributed by atoms with Crippen LogP contribution in [0.25, 0.3) is 0 Å². The van der Waals surface area contributed by atoms with Crippen LogP contribution in [0, 0.1) is 0 Å². The van der Waals surface area contributed by atoms with Gasteiger partial charge in [-0.2, -0.15) is 0 Å². The van der Waals surface area contributed by atoms with Crippen LogP contribution in [0.5, 0.6) is 0 Å². The first-order chi connectivity index (χ1) is 7.09. The van der Waals surface area contributed by atoms with Crippen LogP contribution < -0.4 is 10.6 Å². The van der Waals surface area contributed by atoms with Gasteiger partial charge in [0.2, 0.25) is 5.91 Å². The highest BCUT2D eigenvalue weighted by atomic mass is 32.2. The zero-order valence-electron chi connectivity index (χ0n) is 9.12. The van der Waals surface area contributed by atoms with Crippen molar-refractivity contribution in [2.45, 2.75) is 19.0 Å². The number of ether oxygens (including phenoxy) is 1. The number of hydrogen-bond donors (Lipinski definition) is 2. The van der Waals surface area contributed by atoms with Crippen molar-refractivity contribution < 1.29 is 13.7 Å². The van der Waals surface area contributed by atoms with Gasteiger partial charge in [-0.05, 0) is 6.92 Å². The summed E-state index contributed by atoms with van der Waals surface area (Å²) in [7, 11) is -0.883. The molecule has 6 heteroatoms. The molecule has 0 aromatic heterocycles. The van der Waals surface area contributed by atoms with Crippen LogP contribution >= 0.6 is 0 Å². The molecule has 2 N–H and O–H groups in total. The van der Waals surface area contributed by atoms with Gasteiger partial charge in [0, 0.05) is 35.4 Å². The van der Waals surface area contributed by atoms with Gasteiger partial charge in [0.1, 0.15) is 6.04 Å². The third-order valence-electron chi connectivity index (χ3n) is 2.11. The van der Waals surface area contributed by atoms with Gasteiger partial charge < -0.3 is 15.4 Å². The summed E-state index contributed by atoms with van der Waals surface area (Å²) >= 11 is 0. The number of nitrogens with one attached hydrogen (secondary N) is 2. The Balaban J connectivity index is 2.30. The molecule has 0 spiro atoms. The standard InChI is InChI=1S/C9H18N2O3S/c1-7(6-15(2)13)11-9(12)8-5-14-4-3-10-8/h7-8,10H,3-6H2,1-2H3,(H,11,12). The molecule has 0 aromatic rings. The fourth-order valence-electron chi connectivity index (χ4n) is 1.47. The average molecular weight is 234 g/mol. The Morgan fingerprint density at radius 1 is 1.73 bits per heavy atom. The lowest BCUT2D eigenvalue weighted by molar-refractivity contribution is -0.126. The topological polar surface area (TPSA) is 67.4 Å². The van der Waals surface area contributed by atoms with Gasteiger partial charge >= 0.3 is 0 Å². The van der Waals surface area contributed by atoms with E-state index in [2.05, 4.69) is 10.6 Å². The van der Waals surface area contributed by atoms with E-state index in [1.54, 1.807) is 6.26 Å². The maximum absolute atomic E-state index is 11.6. The molecule has 0 bridgehead atoms. The molecule has 5 nitrogen and oxygen atoms in total. The second-order valence-corrected chi connectivity index (χ2v) is 5.21. The molecule has 88 valence electrons. The maximum atomic E-state index is 11.6. The predicted molar refractivity (Wildman–Crippen MR) is 59.1 cm³/mol. The minimum absolute atomic E-state index is 0.0629. The van der Waals surface area contributed by atoms with Crippen LogP contribution in [0.2, 0.25) is 0 Å². The molecule has 0 radical (unpaired) electrons. The number of hydrogen-bond acceptors (Lipinski definition) is 4. The van der Waals surface area contributed by atoms with Gasteiger partial charge in [-0.3, -0.25) is 9.00 Å². The van der Waals surface area contributed by atoms with E-state index in [9.17, 15) is 9.00 Å². The lowest BCUT2D eigenvalue weighted by Gasteiger charge is -2.24. The van der Waals surface area contributed by atoms with E-state index >= 15 is 0 Å². The van der Waals surface area contributed by atoms with E-state index in [0.717, 1.165) is 0 Å². The predicted octanol–water partition coefficient (Wildman–Crippen LogP) is -1.14. The minimum atomic E-state index is -0.883. The fraction of sp³-hybridized carbons (Fsp3) is 0.889. The summed E-state index contributed by atoms with van der Waals surface area (Å²) in [4.78, 5) is 11.6. The summed E-state index contributed by atoms with van der Waals surface area (Å²) in [6, 6.07) is -0.335. The molecule has 1 amide bonds. The Labute approximate surface area is 92.4 Å². The van der Waals surface area contributed by atoms with Crippen molar-refractivity contribution >= 4 is 16.7 Å². The third kappa shape index (κ3) is 4.72. The molecule has 1 heterocycles. The van der Waals surface area contributed by atoms with Crippen molar-refractivity contribution in [3.05, 3.63) is 0 Å². The highest BCUT2D eigenvalue weighted by Gasteiger charge is 2.22.